The lowest BCUT2D eigenvalue weighted by atomic mass is 10.1. The second-order valence-corrected chi connectivity index (χ2v) is 5.49. The molecule has 106 valence electrons. The highest BCUT2D eigenvalue weighted by Gasteiger charge is 2.27. The van der Waals surface area contributed by atoms with Crippen LogP contribution in [0.2, 0.25) is 0 Å². The van der Waals surface area contributed by atoms with Crippen molar-refractivity contribution in [3.05, 3.63) is 29.3 Å². The van der Waals surface area contributed by atoms with E-state index in [1.807, 2.05) is 18.2 Å². The standard InChI is InChI=1S/C13H14BrF3O2/c14-11(4-5-18-8-13(15,16)17)9-1-2-12-10(7-9)3-6-19-12/h1-2,7,11H,3-6,8H2. The largest absolute Gasteiger partial charge is 0.493 e. The smallest absolute Gasteiger partial charge is 0.411 e. The maximum absolute atomic E-state index is 11.9. The third-order valence-corrected chi connectivity index (χ3v) is 3.84. The van der Waals surface area contributed by atoms with E-state index >= 15 is 0 Å². The highest BCUT2D eigenvalue weighted by molar-refractivity contribution is 9.09. The molecule has 1 aliphatic heterocycles. The van der Waals surface area contributed by atoms with Crippen LogP contribution < -0.4 is 4.74 Å². The molecule has 1 aliphatic rings. The predicted octanol–water partition coefficient (Wildman–Crippen LogP) is 4.03. The summed E-state index contributed by atoms with van der Waals surface area (Å²) in [6.45, 7) is -0.422. The first kappa shape index (κ1) is 14.7. The molecule has 0 aliphatic carbocycles. The number of alkyl halides is 4. The van der Waals surface area contributed by atoms with E-state index in [2.05, 4.69) is 20.7 Å². The number of hydrogen-bond acceptors (Lipinski definition) is 2. The molecule has 1 aromatic carbocycles. The van der Waals surface area contributed by atoms with Gasteiger partial charge in [0.05, 0.1) is 6.61 Å². The van der Waals surface area contributed by atoms with Gasteiger partial charge in [0.25, 0.3) is 0 Å². The lowest BCUT2D eigenvalue weighted by molar-refractivity contribution is -0.174. The van der Waals surface area contributed by atoms with Gasteiger partial charge in [0, 0.05) is 17.9 Å². The van der Waals surface area contributed by atoms with Crippen molar-refractivity contribution in [3.63, 3.8) is 0 Å². The Bertz CT molecular complexity index is 434. The Hall–Kier alpha value is -0.750. The van der Waals surface area contributed by atoms with E-state index in [4.69, 9.17) is 4.74 Å². The molecule has 0 N–H and O–H groups in total. The predicted molar refractivity (Wildman–Crippen MR) is 68.8 cm³/mol. The molecule has 6 heteroatoms. The van der Waals surface area contributed by atoms with Crippen molar-refractivity contribution in [1.82, 2.24) is 0 Å². The second-order valence-electron chi connectivity index (χ2n) is 4.39. The minimum absolute atomic E-state index is 0.00775. The van der Waals surface area contributed by atoms with Crippen LogP contribution in [-0.4, -0.2) is 26.0 Å². The molecule has 0 bridgehead atoms. The lowest BCUT2D eigenvalue weighted by Crippen LogP contribution is -2.17. The normalized spacial score (nSPS) is 16.0. The average Bonchev–Trinajstić information content (AvgIpc) is 2.80. The maximum atomic E-state index is 11.9. The third kappa shape index (κ3) is 4.38. The molecule has 1 heterocycles. The van der Waals surface area contributed by atoms with Crippen LogP contribution in [0.4, 0.5) is 13.2 Å². The highest BCUT2D eigenvalue weighted by atomic mass is 79.9. The summed E-state index contributed by atoms with van der Waals surface area (Å²) >= 11 is 3.47. The van der Waals surface area contributed by atoms with Gasteiger partial charge in [-0.1, -0.05) is 28.1 Å². The monoisotopic (exact) mass is 338 g/mol. The van der Waals surface area contributed by atoms with Gasteiger partial charge in [-0.15, -0.1) is 0 Å². The summed E-state index contributed by atoms with van der Waals surface area (Å²) in [6.07, 6.45) is -2.88. The van der Waals surface area contributed by atoms with Crippen molar-refractivity contribution in [2.24, 2.45) is 0 Å². The Kier molecular flexibility index (Phi) is 4.73. The zero-order valence-electron chi connectivity index (χ0n) is 10.2. The van der Waals surface area contributed by atoms with Gasteiger partial charge in [-0.05, 0) is 23.6 Å². The van der Waals surface area contributed by atoms with Crippen LogP contribution in [0.1, 0.15) is 22.4 Å². The first-order valence-corrected chi connectivity index (χ1v) is 6.91. The number of fused-ring (bicyclic) bond motifs is 1. The van der Waals surface area contributed by atoms with E-state index in [1.165, 1.54) is 0 Å². The van der Waals surface area contributed by atoms with Crippen LogP contribution in [-0.2, 0) is 11.2 Å². The van der Waals surface area contributed by atoms with Gasteiger partial charge in [0.1, 0.15) is 12.4 Å². The van der Waals surface area contributed by atoms with Crippen molar-refractivity contribution >= 4 is 15.9 Å². The average molecular weight is 339 g/mol. The summed E-state index contributed by atoms with van der Waals surface area (Å²) in [5, 5.41) is 0. The molecule has 0 saturated heterocycles. The third-order valence-electron chi connectivity index (χ3n) is 2.86. The van der Waals surface area contributed by atoms with Crippen LogP contribution in [0.25, 0.3) is 0 Å². The summed E-state index contributed by atoms with van der Waals surface area (Å²) < 4.78 is 45.7. The van der Waals surface area contributed by atoms with Gasteiger partial charge in [-0.3, -0.25) is 0 Å². The molecule has 0 spiro atoms. The van der Waals surface area contributed by atoms with Crippen LogP contribution in [0, 0.1) is 0 Å². The van der Waals surface area contributed by atoms with Gasteiger partial charge in [-0.25, -0.2) is 0 Å². The van der Waals surface area contributed by atoms with Gasteiger partial charge >= 0.3 is 6.18 Å². The summed E-state index contributed by atoms with van der Waals surface area (Å²) in [4.78, 5) is -0.00775. The quantitative estimate of drug-likeness (QED) is 0.596. The van der Waals surface area contributed by atoms with Gasteiger partial charge in [0.2, 0.25) is 0 Å². The van der Waals surface area contributed by atoms with E-state index in [0.29, 0.717) is 13.0 Å². The zero-order chi connectivity index (χ0) is 13.9. The highest BCUT2D eigenvalue weighted by Crippen LogP contribution is 2.32. The van der Waals surface area contributed by atoms with E-state index in [1.54, 1.807) is 0 Å². The van der Waals surface area contributed by atoms with Gasteiger partial charge in [-0.2, -0.15) is 13.2 Å². The molecule has 2 nitrogen and oxygen atoms in total. The first-order chi connectivity index (χ1) is 8.96. The minimum atomic E-state index is -4.26. The van der Waals surface area contributed by atoms with E-state index < -0.39 is 12.8 Å². The Labute approximate surface area is 118 Å². The Morgan fingerprint density at radius 2 is 2.16 bits per heavy atom. The van der Waals surface area contributed by atoms with Crippen molar-refractivity contribution in [3.8, 4) is 5.75 Å². The molecule has 2 rings (SSSR count). The lowest BCUT2D eigenvalue weighted by Gasteiger charge is -2.12. The number of hydrogen-bond donors (Lipinski definition) is 0. The number of benzene rings is 1. The number of ether oxygens (including phenoxy) is 2. The fourth-order valence-corrected chi connectivity index (χ4v) is 2.41. The molecule has 1 atom stereocenters. The molecule has 0 radical (unpaired) electrons. The number of halogens is 4. The summed E-state index contributed by atoms with van der Waals surface area (Å²) in [5.74, 6) is 0.900. The molecule has 0 fully saturated rings. The van der Waals surface area contributed by atoms with Gasteiger partial charge < -0.3 is 9.47 Å². The Balaban J connectivity index is 1.81. The van der Waals surface area contributed by atoms with E-state index in [-0.39, 0.29) is 11.4 Å². The summed E-state index contributed by atoms with van der Waals surface area (Å²) in [6, 6.07) is 5.86. The molecule has 1 unspecified atom stereocenters. The topological polar surface area (TPSA) is 18.5 Å². The zero-order valence-corrected chi connectivity index (χ0v) is 11.8. The first-order valence-electron chi connectivity index (χ1n) is 6.00. The molecular weight excluding hydrogens is 325 g/mol. The van der Waals surface area contributed by atoms with Crippen molar-refractivity contribution in [2.75, 3.05) is 19.8 Å². The van der Waals surface area contributed by atoms with E-state index in [0.717, 1.165) is 23.3 Å². The fourth-order valence-electron chi connectivity index (χ4n) is 1.94. The molecule has 0 saturated carbocycles. The molecule has 0 aromatic heterocycles. The van der Waals surface area contributed by atoms with Crippen molar-refractivity contribution in [1.29, 1.82) is 0 Å². The van der Waals surface area contributed by atoms with E-state index in [9.17, 15) is 13.2 Å². The maximum Gasteiger partial charge on any atom is 0.411 e. The summed E-state index contributed by atoms with van der Waals surface area (Å²) in [7, 11) is 0. The fraction of sp³-hybridized carbons (Fsp3) is 0.538. The molecular formula is C13H14BrF3O2. The molecule has 1 aromatic rings. The van der Waals surface area contributed by atoms with Crippen LogP contribution in [0.15, 0.2) is 18.2 Å². The molecule has 0 amide bonds. The van der Waals surface area contributed by atoms with Crippen LogP contribution in [0.5, 0.6) is 5.75 Å². The summed E-state index contributed by atoms with van der Waals surface area (Å²) in [5.41, 5.74) is 2.19. The van der Waals surface area contributed by atoms with Gasteiger partial charge in [0.15, 0.2) is 0 Å². The number of rotatable bonds is 5. The molecule has 19 heavy (non-hydrogen) atoms. The SMILES string of the molecule is FC(F)(F)COCCC(Br)c1ccc2c(c1)CCO2. The Morgan fingerprint density at radius 1 is 1.37 bits per heavy atom. The van der Waals surface area contributed by atoms with Crippen LogP contribution in [0.3, 0.4) is 0 Å². The van der Waals surface area contributed by atoms with Crippen LogP contribution >= 0.6 is 15.9 Å². The van der Waals surface area contributed by atoms with Crippen molar-refractivity contribution < 1.29 is 22.6 Å². The minimum Gasteiger partial charge on any atom is -0.493 e. The second kappa shape index (κ2) is 6.13. The van der Waals surface area contributed by atoms with Crippen molar-refractivity contribution in [2.45, 2.75) is 23.8 Å². The Morgan fingerprint density at radius 3 is 2.89 bits per heavy atom.